The van der Waals surface area contributed by atoms with Gasteiger partial charge in [-0.25, -0.2) is 0 Å². The smallest absolute Gasteiger partial charge is 0.289 e. The van der Waals surface area contributed by atoms with Gasteiger partial charge in [-0.05, 0) is 37.3 Å². The van der Waals surface area contributed by atoms with E-state index in [1.165, 1.54) is 0 Å². The van der Waals surface area contributed by atoms with Crippen molar-refractivity contribution < 1.29 is 23.5 Å². The van der Waals surface area contributed by atoms with E-state index in [-0.39, 0.29) is 11.8 Å². The normalized spacial score (nSPS) is 14.1. The Labute approximate surface area is 174 Å². The maximum absolute atomic E-state index is 12.9. The van der Waals surface area contributed by atoms with Crippen molar-refractivity contribution in [2.75, 3.05) is 40.4 Å². The second-order valence-electron chi connectivity index (χ2n) is 7.34. The van der Waals surface area contributed by atoms with Gasteiger partial charge >= 0.3 is 0 Å². The summed E-state index contributed by atoms with van der Waals surface area (Å²) < 4.78 is 16.2. The number of aryl methyl sites for hydroxylation is 1. The lowest BCUT2D eigenvalue weighted by molar-refractivity contribution is 0.0519. The van der Waals surface area contributed by atoms with Crippen molar-refractivity contribution in [3.05, 3.63) is 59.4 Å². The van der Waals surface area contributed by atoms with Gasteiger partial charge < -0.3 is 23.7 Å². The molecule has 1 aliphatic heterocycles. The van der Waals surface area contributed by atoms with Crippen molar-refractivity contribution in [1.29, 1.82) is 0 Å². The summed E-state index contributed by atoms with van der Waals surface area (Å²) >= 11 is 0. The van der Waals surface area contributed by atoms with Gasteiger partial charge in [0.2, 0.25) is 0 Å². The summed E-state index contributed by atoms with van der Waals surface area (Å²) in [6, 6.07) is 12.7. The predicted molar refractivity (Wildman–Crippen MR) is 112 cm³/mol. The Morgan fingerprint density at radius 2 is 1.43 bits per heavy atom. The number of hydrogen-bond donors (Lipinski definition) is 0. The molecular formula is C23H24N2O5. The summed E-state index contributed by atoms with van der Waals surface area (Å²) in [5, 5.41) is 0.916. The molecule has 0 radical (unpaired) electrons. The van der Waals surface area contributed by atoms with Crippen LogP contribution in [0.5, 0.6) is 11.5 Å². The highest BCUT2D eigenvalue weighted by Gasteiger charge is 2.27. The molecule has 0 aliphatic carbocycles. The second-order valence-corrected chi connectivity index (χ2v) is 7.34. The summed E-state index contributed by atoms with van der Waals surface area (Å²) in [4.78, 5) is 29.2. The van der Waals surface area contributed by atoms with Gasteiger partial charge in [0, 0.05) is 43.2 Å². The molecule has 156 valence electrons. The molecule has 0 spiro atoms. The van der Waals surface area contributed by atoms with E-state index in [2.05, 4.69) is 0 Å². The highest BCUT2D eigenvalue weighted by molar-refractivity contribution is 5.97. The Kier molecular flexibility index (Phi) is 5.35. The standard InChI is InChI=1S/C23H24N2O5/c1-15-4-5-20-16(10-15)13-21(30-20)23(27)25-8-6-24(7-9-25)22(26)17-11-18(28-2)14-19(12-17)29-3/h4-5,10-14H,6-9H2,1-3H3. The summed E-state index contributed by atoms with van der Waals surface area (Å²) in [6.45, 7) is 3.79. The molecule has 2 aromatic carbocycles. The van der Waals surface area contributed by atoms with Crippen LogP contribution < -0.4 is 9.47 Å². The van der Waals surface area contributed by atoms with Crippen LogP contribution in [-0.2, 0) is 0 Å². The molecule has 0 atom stereocenters. The first kappa shape index (κ1) is 19.8. The number of amides is 2. The highest BCUT2D eigenvalue weighted by Crippen LogP contribution is 2.25. The minimum absolute atomic E-state index is 0.112. The topological polar surface area (TPSA) is 72.2 Å². The third kappa shape index (κ3) is 3.83. The molecule has 4 rings (SSSR count). The molecule has 0 N–H and O–H groups in total. The van der Waals surface area contributed by atoms with Crippen LogP contribution in [-0.4, -0.2) is 62.0 Å². The summed E-state index contributed by atoms with van der Waals surface area (Å²) in [7, 11) is 3.10. The van der Waals surface area contributed by atoms with Crippen molar-refractivity contribution in [2.45, 2.75) is 6.92 Å². The predicted octanol–water partition coefficient (Wildman–Crippen LogP) is 3.36. The van der Waals surface area contributed by atoms with Gasteiger partial charge in [0.25, 0.3) is 11.8 Å². The first-order valence-electron chi connectivity index (χ1n) is 9.80. The third-order valence-electron chi connectivity index (χ3n) is 5.34. The number of benzene rings is 2. The van der Waals surface area contributed by atoms with Gasteiger partial charge in [0.15, 0.2) is 5.76 Å². The Morgan fingerprint density at radius 1 is 0.833 bits per heavy atom. The number of hydrogen-bond acceptors (Lipinski definition) is 5. The molecule has 1 aromatic heterocycles. The molecule has 1 aliphatic rings. The highest BCUT2D eigenvalue weighted by atomic mass is 16.5. The molecular weight excluding hydrogens is 384 g/mol. The third-order valence-corrected chi connectivity index (χ3v) is 5.34. The number of fused-ring (bicyclic) bond motifs is 1. The number of piperazine rings is 1. The van der Waals surface area contributed by atoms with E-state index in [9.17, 15) is 9.59 Å². The Balaban J connectivity index is 1.44. The quantitative estimate of drug-likeness (QED) is 0.662. The minimum atomic E-state index is -0.154. The van der Waals surface area contributed by atoms with Crippen LogP contribution in [0.4, 0.5) is 0 Å². The summed E-state index contributed by atoms with van der Waals surface area (Å²) in [5.74, 6) is 1.18. The van der Waals surface area contributed by atoms with Gasteiger partial charge in [-0.1, -0.05) is 11.6 Å². The number of rotatable bonds is 4. The van der Waals surface area contributed by atoms with Crippen molar-refractivity contribution in [3.8, 4) is 11.5 Å². The van der Waals surface area contributed by atoms with E-state index >= 15 is 0 Å². The fraction of sp³-hybridized carbons (Fsp3) is 0.304. The Bertz CT molecular complexity index is 1070. The molecule has 0 bridgehead atoms. The van der Waals surface area contributed by atoms with Crippen LogP contribution in [0.1, 0.15) is 26.5 Å². The zero-order valence-electron chi connectivity index (χ0n) is 17.3. The van der Waals surface area contributed by atoms with E-state index < -0.39 is 0 Å². The van der Waals surface area contributed by atoms with Crippen molar-refractivity contribution in [3.63, 3.8) is 0 Å². The maximum Gasteiger partial charge on any atom is 0.289 e. The van der Waals surface area contributed by atoms with Crippen molar-refractivity contribution in [1.82, 2.24) is 9.80 Å². The fourth-order valence-corrected chi connectivity index (χ4v) is 3.65. The van der Waals surface area contributed by atoms with Crippen LogP contribution in [0.2, 0.25) is 0 Å². The average molecular weight is 408 g/mol. The number of methoxy groups -OCH3 is 2. The molecule has 1 saturated heterocycles. The van der Waals surface area contributed by atoms with Gasteiger partial charge in [-0.15, -0.1) is 0 Å². The molecule has 1 fully saturated rings. The zero-order valence-corrected chi connectivity index (χ0v) is 17.3. The van der Waals surface area contributed by atoms with Gasteiger partial charge in [-0.2, -0.15) is 0 Å². The van der Waals surface area contributed by atoms with E-state index in [1.54, 1.807) is 48.3 Å². The lowest BCUT2D eigenvalue weighted by atomic mass is 10.1. The molecule has 7 nitrogen and oxygen atoms in total. The molecule has 7 heteroatoms. The average Bonchev–Trinajstić information content (AvgIpc) is 3.21. The first-order chi connectivity index (χ1) is 14.5. The van der Waals surface area contributed by atoms with Crippen LogP contribution in [0, 0.1) is 6.92 Å². The largest absolute Gasteiger partial charge is 0.497 e. The molecule has 30 heavy (non-hydrogen) atoms. The van der Waals surface area contributed by atoms with Crippen LogP contribution in [0.25, 0.3) is 11.0 Å². The number of furan rings is 1. The zero-order chi connectivity index (χ0) is 21.3. The Hall–Kier alpha value is -3.48. The van der Waals surface area contributed by atoms with Gasteiger partial charge in [0.05, 0.1) is 14.2 Å². The number of carbonyl (C=O) groups is 2. The first-order valence-corrected chi connectivity index (χ1v) is 9.80. The fourth-order valence-electron chi connectivity index (χ4n) is 3.65. The SMILES string of the molecule is COc1cc(OC)cc(C(=O)N2CCN(C(=O)c3cc4cc(C)ccc4o3)CC2)c1. The Morgan fingerprint density at radius 3 is 2.03 bits per heavy atom. The van der Waals surface area contributed by atoms with E-state index in [4.69, 9.17) is 13.9 Å². The van der Waals surface area contributed by atoms with Crippen molar-refractivity contribution in [2.24, 2.45) is 0 Å². The number of nitrogens with zero attached hydrogens (tertiary/aromatic N) is 2. The lowest BCUT2D eigenvalue weighted by Crippen LogP contribution is -2.50. The molecule has 2 heterocycles. The minimum Gasteiger partial charge on any atom is -0.497 e. The number of carbonyl (C=O) groups excluding carboxylic acids is 2. The lowest BCUT2D eigenvalue weighted by Gasteiger charge is -2.34. The summed E-state index contributed by atoms with van der Waals surface area (Å²) in [5.41, 5.74) is 2.31. The van der Waals surface area contributed by atoms with Gasteiger partial charge in [-0.3, -0.25) is 9.59 Å². The molecule has 0 unspecified atom stereocenters. The van der Waals surface area contributed by atoms with Crippen LogP contribution in [0.15, 0.2) is 46.9 Å². The maximum atomic E-state index is 12.9. The molecule has 0 saturated carbocycles. The van der Waals surface area contributed by atoms with Crippen LogP contribution in [0.3, 0.4) is 0 Å². The van der Waals surface area contributed by atoms with E-state index in [1.807, 2.05) is 25.1 Å². The molecule has 3 aromatic rings. The van der Waals surface area contributed by atoms with Gasteiger partial charge in [0.1, 0.15) is 17.1 Å². The second kappa shape index (κ2) is 8.10. The van der Waals surface area contributed by atoms with E-state index in [0.29, 0.717) is 54.6 Å². The molecule has 2 amide bonds. The number of ether oxygens (including phenoxy) is 2. The van der Waals surface area contributed by atoms with Crippen LogP contribution >= 0.6 is 0 Å². The summed E-state index contributed by atoms with van der Waals surface area (Å²) in [6.07, 6.45) is 0. The van der Waals surface area contributed by atoms with Crippen molar-refractivity contribution >= 4 is 22.8 Å². The monoisotopic (exact) mass is 408 g/mol. The van der Waals surface area contributed by atoms with E-state index in [0.717, 1.165) is 10.9 Å².